The average Bonchev–Trinajstić information content (AvgIpc) is 3.07. The predicted molar refractivity (Wildman–Crippen MR) is 104 cm³/mol. The molecule has 1 unspecified atom stereocenters. The number of rotatable bonds is 6. The number of aryl methyl sites for hydroxylation is 1. The molecule has 0 aromatic heterocycles. The second-order valence-corrected chi connectivity index (χ2v) is 6.77. The summed E-state index contributed by atoms with van der Waals surface area (Å²) in [7, 11) is 0. The molecule has 1 atom stereocenters. The fourth-order valence-corrected chi connectivity index (χ4v) is 3.02. The van der Waals surface area contributed by atoms with Crippen molar-refractivity contribution in [3.05, 3.63) is 59.7 Å². The molecular weight excluding hydrogens is 326 g/mol. The summed E-state index contributed by atoms with van der Waals surface area (Å²) in [6, 6.07) is 15.4. The van der Waals surface area contributed by atoms with Gasteiger partial charge in [0.15, 0.2) is 0 Å². The first kappa shape index (κ1) is 18.0. The lowest BCUT2D eigenvalue weighted by molar-refractivity contribution is -0.121. The highest BCUT2D eigenvalue weighted by molar-refractivity contribution is 5.95. The lowest BCUT2D eigenvalue weighted by Gasteiger charge is -2.18. The van der Waals surface area contributed by atoms with Crippen molar-refractivity contribution in [3.8, 4) is 0 Å². The van der Waals surface area contributed by atoms with Gasteiger partial charge in [0.25, 0.3) is 0 Å². The Labute approximate surface area is 154 Å². The topological polar surface area (TPSA) is 61.4 Å². The molecule has 1 aliphatic heterocycles. The largest absolute Gasteiger partial charge is 0.374 e. The number of hydrogen-bond donors (Lipinski definition) is 2. The molecule has 5 heteroatoms. The highest BCUT2D eigenvalue weighted by Crippen LogP contribution is 2.23. The number of carbonyl (C=O) groups is 2. The lowest BCUT2D eigenvalue weighted by Crippen LogP contribution is -2.37. The minimum Gasteiger partial charge on any atom is -0.374 e. The summed E-state index contributed by atoms with van der Waals surface area (Å²) in [4.78, 5) is 25.9. The number of carbonyl (C=O) groups excluding carboxylic acids is 2. The Kier molecular flexibility index (Phi) is 5.56. The van der Waals surface area contributed by atoms with Gasteiger partial charge in [0.2, 0.25) is 11.8 Å². The summed E-state index contributed by atoms with van der Waals surface area (Å²) in [5.74, 6) is 0.124. The van der Waals surface area contributed by atoms with Crippen LogP contribution in [0, 0.1) is 6.92 Å². The molecule has 1 fully saturated rings. The van der Waals surface area contributed by atoms with E-state index in [0.29, 0.717) is 13.0 Å². The second-order valence-electron chi connectivity index (χ2n) is 6.77. The molecule has 0 aliphatic carbocycles. The van der Waals surface area contributed by atoms with E-state index in [-0.39, 0.29) is 17.9 Å². The third-order valence-corrected chi connectivity index (χ3v) is 4.62. The average molecular weight is 351 g/mol. The Morgan fingerprint density at radius 1 is 1.12 bits per heavy atom. The zero-order valence-electron chi connectivity index (χ0n) is 15.3. The lowest BCUT2D eigenvalue weighted by atomic mass is 10.1. The van der Waals surface area contributed by atoms with E-state index in [9.17, 15) is 9.59 Å². The summed E-state index contributed by atoms with van der Waals surface area (Å²) in [5, 5.41) is 6.15. The van der Waals surface area contributed by atoms with Gasteiger partial charge in [-0.05, 0) is 50.1 Å². The van der Waals surface area contributed by atoms with Gasteiger partial charge < -0.3 is 15.5 Å². The number of nitrogens with zero attached hydrogens (tertiary/aromatic N) is 1. The van der Waals surface area contributed by atoms with Crippen LogP contribution < -0.4 is 15.5 Å². The zero-order chi connectivity index (χ0) is 18.5. The normalized spacial score (nSPS) is 15.0. The maximum atomic E-state index is 12.3. The van der Waals surface area contributed by atoms with Crippen molar-refractivity contribution in [2.75, 3.05) is 16.8 Å². The molecule has 2 aromatic carbocycles. The molecule has 0 spiro atoms. The highest BCUT2D eigenvalue weighted by Gasteiger charge is 2.21. The van der Waals surface area contributed by atoms with Crippen LogP contribution >= 0.6 is 0 Å². The predicted octanol–water partition coefficient (Wildman–Crippen LogP) is 3.24. The number of hydrogen-bond acceptors (Lipinski definition) is 3. The molecule has 136 valence electrons. The monoisotopic (exact) mass is 351 g/mol. The SMILES string of the molecule is Cc1ccc(CNC(=O)C(C)Nc2ccc(N3CCCC3=O)cc2)cc1. The Morgan fingerprint density at radius 2 is 1.81 bits per heavy atom. The van der Waals surface area contributed by atoms with E-state index in [4.69, 9.17) is 0 Å². The summed E-state index contributed by atoms with van der Waals surface area (Å²) in [6.45, 7) is 5.17. The van der Waals surface area contributed by atoms with Crippen molar-refractivity contribution >= 4 is 23.2 Å². The van der Waals surface area contributed by atoms with Gasteiger partial charge in [-0.3, -0.25) is 9.59 Å². The van der Waals surface area contributed by atoms with E-state index in [1.165, 1.54) is 5.56 Å². The van der Waals surface area contributed by atoms with Crippen LogP contribution in [0.2, 0.25) is 0 Å². The van der Waals surface area contributed by atoms with Crippen LogP contribution in [0.25, 0.3) is 0 Å². The number of amides is 2. The molecule has 1 heterocycles. The maximum absolute atomic E-state index is 12.3. The Morgan fingerprint density at radius 3 is 2.42 bits per heavy atom. The fourth-order valence-electron chi connectivity index (χ4n) is 3.02. The first-order chi connectivity index (χ1) is 12.5. The standard InChI is InChI=1S/C21H25N3O2/c1-15-5-7-17(8-6-15)14-22-21(26)16(2)23-18-9-11-19(12-10-18)24-13-3-4-20(24)25/h5-12,16,23H,3-4,13-14H2,1-2H3,(H,22,26). The van der Waals surface area contributed by atoms with Crippen LogP contribution in [0.15, 0.2) is 48.5 Å². The maximum Gasteiger partial charge on any atom is 0.242 e. The van der Waals surface area contributed by atoms with Crippen molar-refractivity contribution in [1.82, 2.24) is 5.32 Å². The van der Waals surface area contributed by atoms with E-state index >= 15 is 0 Å². The quantitative estimate of drug-likeness (QED) is 0.840. The van der Waals surface area contributed by atoms with E-state index in [1.807, 2.05) is 67.3 Å². The van der Waals surface area contributed by atoms with Gasteiger partial charge in [0.1, 0.15) is 6.04 Å². The summed E-state index contributed by atoms with van der Waals surface area (Å²) < 4.78 is 0. The van der Waals surface area contributed by atoms with Crippen molar-refractivity contribution in [1.29, 1.82) is 0 Å². The van der Waals surface area contributed by atoms with E-state index in [1.54, 1.807) is 0 Å². The summed E-state index contributed by atoms with van der Waals surface area (Å²) in [6.07, 6.45) is 1.54. The molecule has 1 saturated heterocycles. The Bertz CT molecular complexity index is 769. The molecule has 0 saturated carbocycles. The third-order valence-electron chi connectivity index (χ3n) is 4.62. The number of benzene rings is 2. The number of anilines is 2. The van der Waals surface area contributed by atoms with E-state index in [2.05, 4.69) is 10.6 Å². The smallest absolute Gasteiger partial charge is 0.242 e. The third kappa shape index (κ3) is 4.42. The molecule has 5 nitrogen and oxygen atoms in total. The molecule has 2 N–H and O–H groups in total. The second kappa shape index (κ2) is 8.04. The molecule has 26 heavy (non-hydrogen) atoms. The Balaban J connectivity index is 1.51. The van der Waals surface area contributed by atoms with Gasteiger partial charge >= 0.3 is 0 Å². The molecule has 2 aromatic rings. The van der Waals surface area contributed by atoms with Crippen LogP contribution in [0.1, 0.15) is 30.9 Å². The van der Waals surface area contributed by atoms with Gasteiger partial charge in [0, 0.05) is 30.9 Å². The van der Waals surface area contributed by atoms with Gasteiger partial charge in [-0.25, -0.2) is 0 Å². The zero-order valence-corrected chi connectivity index (χ0v) is 15.3. The van der Waals surface area contributed by atoms with Gasteiger partial charge in [-0.15, -0.1) is 0 Å². The first-order valence-corrected chi connectivity index (χ1v) is 9.03. The van der Waals surface area contributed by atoms with Crippen molar-refractivity contribution < 1.29 is 9.59 Å². The van der Waals surface area contributed by atoms with Crippen LogP contribution in [0.4, 0.5) is 11.4 Å². The molecular formula is C21H25N3O2. The minimum atomic E-state index is -0.347. The van der Waals surface area contributed by atoms with Crippen molar-refractivity contribution in [2.45, 2.75) is 39.3 Å². The highest BCUT2D eigenvalue weighted by atomic mass is 16.2. The van der Waals surface area contributed by atoms with Crippen molar-refractivity contribution in [3.63, 3.8) is 0 Å². The molecule has 2 amide bonds. The number of nitrogens with one attached hydrogen (secondary N) is 2. The van der Waals surface area contributed by atoms with Gasteiger partial charge in [-0.1, -0.05) is 29.8 Å². The van der Waals surface area contributed by atoms with Crippen molar-refractivity contribution in [2.24, 2.45) is 0 Å². The molecule has 3 rings (SSSR count). The van der Waals surface area contributed by atoms with Gasteiger partial charge in [0.05, 0.1) is 0 Å². The Hall–Kier alpha value is -2.82. The van der Waals surface area contributed by atoms with Crippen LogP contribution in [-0.2, 0) is 16.1 Å². The molecule has 1 aliphatic rings. The molecule has 0 radical (unpaired) electrons. The van der Waals surface area contributed by atoms with Crippen LogP contribution in [0.3, 0.4) is 0 Å². The first-order valence-electron chi connectivity index (χ1n) is 9.03. The summed E-state index contributed by atoms with van der Waals surface area (Å²) >= 11 is 0. The fraction of sp³-hybridized carbons (Fsp3) is 0.333. The van der Waals surface area contributed by atoms with Crippen LogP contribution in [0.5, 0.6) is 0 Å². The van der Waals surface area contributed by atoms with E-state index < -0.39 is 0 Å². The van der Waals surface area contributed by atoms with Crippen LogP contribution in [-0.4, -0.2) is 24.4 Å². The van der Waals surface area contributed by atoms with Gasteiger partial charge in [-0.2, -0.15) is 0 Å². The molecule has 0 bridgehead atoms. The minimum absolute atomic E-state index is 0.0515. The summed E-state index contributed by atoms with van der Waals surface area (Å²) in [5.41, 5.74) is 4.05. The van der Waals surface area contributed by atoms with E-state index in [0.717, 1.165) is 29.9 Å².